The van der Waals surface area contributed by atoms with E-state index in [9.17, 15) is 13.2 Å². The monoisotopic (exact) mass is 469 g/mol. The van der Waals surface area contributed by atoms with E-state index >= 15 is 0 Å². The van der Waals surface area contributed by atoms with Crippen LogP contribution in [-0.4, -0.2) is 54.8 Å². The Morgan fingerprint density at radius 3 is 2.73 bits per heavy atom. The molecule has 0 saturated carbocycles. The predicted octanol–water partition coefficient (Wildman–Crippen LogP) is 4.04. The average molecular weight is 470 g/mol. The minimum atomic E-state index is -3.10. The van der Waals surface area contributed by atoms with Gasteiger partial charge in [-0.2, -0.15) is 0 Å². The van der Waals surface area contributed by atoms with Crippen LogP contribution < -0.4 is 9.47 Å². The van der Waals surface area contributed by atoms with Gasteiger partial charge >= 0.3 is 0 Å². The van der Waals surface area contributed by atoms with E-state index in [1.807, 2.05) is 18.2 Å². The molecule has 0 N–H and O–H groups in total. The Bertz CT molecular complexity index is 942. The summed E-state index contributed by atoms with van der Waals surface area (Å²) in [4.78, 5) is 14.8. The lowest BCUT2D eigenvalue weighted by Gasteiger charge is -2.20. The molecular formula is C21H27NO5S3. The highest BCUT2D eigenvalue weighted by Gasteiger charge is 2.42. The van der Waals surface area contributed by atoms with E-state index in [1.165, 1.54) is 29.5 Å². The van der Waals surface area contributed by atoms with Crippen LogP contribution in [0.4, 0.5) is 0 Å². The van der Waals surface area contributed by atoms with Gasteiger partial charge in [0.15, 0.2) is 21.3 Å². The molecule has 0 bridgehead atoms. The van der Waals surface area contributed by atoms with Crippen molar-refractivity contribution in [3.05, 3.63) is 28.7 Å². The van der Waals surface area contributed by atoms with Crippen LogP contribution in [0, 0.1) is 0 Å². The van der Waals surface area contributed by atoms with Gasteiger partial charge in [0.25, 0.3) is 5.91 Å². The normalized spacial score (nSPS) is 22.1. The highest BCUT2D eigenvalue weighted by atomic mass is 32.2. The SMILES string of the molecule is CCCCCCOc1ccc(/C=C2\SC(=S)N(C3CCS(=O)(=O)C3)C2=O)cc1OC. The molecule has 1 unspecified atom stereocenters. The number of methoxy groups -OCH3 is 1. The molecule has 2 fully saturated rings. The first-order chi connectivity index (χ1) is 14.3. The number of sulfone groups is 1. The second kappa shape index (κ2) is 10.2. The van der Waals surface area contributed by atoms with Crippen molar-refractivity contribution in [2.45, 2.75) is 45.1 Å². The quantitative estimate of drug-likeness (QED) is 0.307. The zero-order chi connectivity index (χ0) is 21.7. The third-order valence-corrected chi connectivity index (χ3v) is 8.22. The number of carbonyl (C=O) groups excluding carboxylic acids is 1. The molecular weight excluding hydrogens is 442 g/mol. The van der Waals surface area contributed by atoms with Crippen molar-refractivity contribution in [3.63, 3.8) is 0 Å². The molecule has 1 aromatic carbocycles. The number of hydrogen-bond acceptors (Lipinski definition) is 7. The molecule has 2 heterocycles. The summed E-state index contributed by atoms with van der Waals surface area (Å²) < 4.78 is 35.3. The van der Waals surface area contributed by atoms with E-state index in [2.05, 4.69) is 6.92 Å². The van der Waals surface area contributed by atoms with Gasteiger partial charge in [-0.05, 0) is 36.6 Å². The summed E-state index contributed by atoms with van der Waals surface area (Å²) in [6.45, 7) is 2.81. The zero-order valence-corrected chi connectivity index (χ0v) is 19.7. The summed E-state index contributed by atoms with van der Waals surface area (Å²) in [7, 11) is -1.51. The zero-order valence-electron chi connectivity index (χ0n) is 17.3. The number of unbranched alkanes of at least 4 members (excludes halogenated alkanes) is 3. The fraction of sp³-hybridized carbons (Fsp3) is 0.524. The number of nitrogens with zero attached hydrogens (tertiary/aromatic N) is 1. The van der Waals surface area contributed by atoms with Crippen LogP contribution in [0.15, 0.2) is 23.1 Å². The molecule has 164 valence electrons. The van der Waals surface area contributed by atoms with Crippen molar-refractivity contribution in [2.75, 3.05) is 25.2 Å². The number of amides is 1. The van der Waals surface area contributed by atoms with E-state index in [0.717, 1.165) is 18.4 Å². The van der Waals surface area contributed by atoms with E-state index in [-0.39, 0.29) is 23.5 Å². The van der Waals surface area contributed by atoms with Crippen molar-refractivity contribution < 1.29 is 22.7 Å². The van der Waals surface area contributed by atoms with Gasteiger partial charge in [0.2, 0.25) is 0 Å². The van der Waals surface area contributed by atoms with Crippen molar-refractivity contribution in [1.29, 1.82) is 0 Å². The lowest BCUT2D eigenvalue weighted by molar-refractivity contribution is -0.123. The highest BCUT2D eigenvalue weighted by molar-refractivity contribution is 8.26. The third-order valence-electron chi connectivity index (χ3n) is 5.14. The highest BCUT2D eigenvalue weighted by Crippen LogP contribution is 2.37. The second-order valence-electron chi connectivity index (χ2n) is 7.43. The fourth-order valence-electron chi connectivity index (χ4n) is 3.53. The minimum absolute atomic E-state index is 0.0230. The summed E-state index contributed by atoms with van der Waals surface area (Å²) >= 11 is 6.56. The molecule has 1 atom stereocenters. The Balaban J connectivity index is 1.70. The Morgan fingerprint density at radius 2 is 2.07 bits per heavy atom. The number of ether oxygens (including phenoxy) is 2. The Hall–Kier alpha value is -1.58. The molecule has 30 heavy (non-hydrogen) atoms. The molecule has 0 aromatic heterocycles. The molecule has 1 amide bonds. The van der Waals surface area contributed by atoms with Crippen LogP contribution in [-0.2, 0) is 14.6 Å². The van der Waals surface area contributed by atoms with E-state index in [1.54, 1.807) is 13.2 Å². The summed E-state index contributed by atoms with van der Waals surface area (Å²) in [6, 6.07) is 5.17. The maximum Gasteiger partial charge on any atom is 0.266 e. The first-order valence-corrected chi connectivity index (χ1v) is 13.2. The van der Waals surface area contributed by atoms with Crippen molar-refractivity contribution in [3.8, 4) is 11.5 Å². The molecule has 0 spiro atoms. The molecule has 0 aliphatic carbocycles. The Kier molecular flexibility index (Phi) is 7.81. The lowest BCUT2D eigenvalue weighted by atomic mass is 10.1. The van der Waals surface area contributed by atoms with E-state index in [4.69, 9.17) is 21.7 Å². The van der Waals surface area contributed by atoms with Gasteiger partial charge in [0, 0.05) is 0 Å². The Morgan fingerprint density at radius 1 is 1.27 bits per heavy atom. The summed E-state index contributed by atoms with van der Waals surface area (Å²) in [5.41, 5.74) is 0.796. The fourth-order valence-corrected chi connectivity index (χ4v) is 6.63. The van der Waals surface area contributed by atoms with Gasteiger partial charge in [0.1, 0.15) is 4.32 Å². The van der Waals surface area contributed by atoms with E-state index in [0.29, 0.717) is 33.8 Å². The smallest absolute Gasteiger partial charge is 0.266 e. The molecule has 2 saturated heterocycles. The summed E-state index contributed by atoms with van der Waals surface area (Å²) in [5, 5.41) is 0. The van der Waals surface area contributed by atoms with Gasteiger partial charge < -0.3 is 9.47 Å². The largest absolute Gasteiger partial charge is 0.493 e. The minimum Gasteiger partial charge on any atom is -0.493 e. The van der Waals surface area contributed by atoms with Crippen molar-refractivity contribution in [1.82, 2.24) is 4.90 Å². The van der Waals surface area contributed by atoms with Crippen LogP contribution in [0.5, 0.6) is 11.5 Å². The number of carbonyl (C=O) groups is 1. The standard InChI is InChI=1S/C21H27NO5S3/c1-3-4-5-6-10-27-17-8-7-15(12-18(17)26-2)13-19-20(23)22(21(28)29-19)16-9-11-30(24,25)14-16/h7-8,12-13,16H,3-6,9-11,14H2,1-2H3/b19-13-. The number of thioether (sulfide) groups is 1. The van der Waals surface area contributed by atoms with E-state index < -0.39 is 9.84 Å². The van der Waals surface area contributed by atoms with Gasteiger partial charge in [-0.3, -0.25) is 9.69 Å². The topological polar surface area (TPSA) is 72.9 Å². The maximum absolute atomic E-state index is 12.9. The molecule has 6 nitrogen and oxygen atoms in total. The van der Waals surface area contributed by atoms with Crippen LogP contribution in [0.25, 0.3) is 6.08 Å². The maximum atomic E-state index is 12.9. The molecule has 3 rings (SSSR count). The van der Waals surface area contributed by atoms with Gasteiger partial charge in [-0.1, -0.05) is 56.2 Å². The molecule has 1 aromatic rings. The number of thiocarbonyl (C=S) groups is 1. The lowest BCUT2D eigenvalue weighted by Crippen LogP contribution is -2.39. The molecule has 2 aliphatic heterocycles. The van der Waals surface area contributed by atoms with Crippen LogP contribution in [0.1, 0.15) is 44.6 Å². The van der Waals surface area contributed by atoms with Gasteiger partial charge in [0.05, 0.1) is 36.2 Å². The molecule has 9 heteroatoms. The first-order valence-electron chi connectivity index (χ1n) is 10.1. The predicted molar refractivity (Wildman–Crippen MR) is 125 cm³/mol. The average Bonchev–Trinajstić information content (AvgIpc) is 3.20. The molecule has 2 aliphatic rings. The van der Waals surface area contributed by atoms with Gasteiger partial charge in [-0.25, -0.2) is 8.42 Å². The van der Waals surface area contributed by atoms with Crippen molar-refractivity contribution >= 4 is 50.1 Å². The summed E-state index contributed by atoms with van der Waals surface area (Å²) in [6.07, 6.45) is 6.71. The number of hydrogen-bond donors (Lipinski definition) is 0. The Labute approximate surface area is 187 Å². The first kappa shape index (κ1) is 23.1. The summed E-state index contributed by atoms with van der Waals surface area (Å²) in [5.74, 6) is 1.13. The number of benzene rings is 1. The van der Waals surface area contributed by atoms with Crippen LogP contribution in [0.2, 0.25) is 0 Å². The second-order valence-corrected chi connectivity index (χ2v) is 11.3. The van der Waals surface area contributed by atoms with Crippen molar-refractivity contribution in [2.24, 2.45) is 0 Å². The van der Waals surface area contributed by atoms with Crippen LogP contribution >= 0.6 is 24.0 Å². The third kappa shape index (κ3) is 5.56. The van der Waals surface area contributed by atoms with Crippen LogP contribution in [0.3, 0.4) is 0 Å². The number of rotatable bonds is 9. The van der Waals surface area contributed by atoms with Gasteiger partial charge in [-0.15, -0.1) is 0 Å². The molecule has 0 radical (unpaired) electrons.